The van der Waals surface area contributed by atoms with E-state index in [0.717, 1.165) is 41.2 Å². The van der Waals surface area contributed by atoms with E-state index in [1.54, 1.807) is 0 Å². The molecule has 0 amide bonds. The summed E-state index contributed by atoms with van der Waals surface area (Å²) in [5.41, 5.74) is 3.24. The summed E-state index contributed by atoms with van der Waals surface area (Å²) in [6, 6.07) is 16.2. The van der Waals surface area contributed by atoms with Crippen LogP contribution >= 0.6 is 15.9 Å². The monoisotopic (exact) mass is 371 g/mol. The van der Waals surface area contributed by atoms with Crippen LogP contribution in [-0.4, -0.2) is 30.7 Å². The maximum Gasteiger partial charge on any atom is 0.205 e. The van der Waals surface area contributed by atoms with Gasteiger partial charge in [-0.3, -0.25) is 4.99 Å². The van der Waals surface area contributed by atoms with Crippen molar-refractivity contribution in [3.05, 3.63) is 58.6 Å². The van der Waals surface area contributed by atoms with Crippen LogP contribution in [0.3, 0.4) is 0 Å². The molecule has 2 aromatic carbocycles. The number of aliphatic imine (C=N–C) groups is 1. The highest BCUT2D eigenvalue weighted by Crippen LogP contribution is 2.39. The molecule has 2 aliphatic heterocycles. The van der Waals surface area contributed by atoms with Gasteiger partial charge in [0.15, 0.2) is 0 Å². The highest BCUT2D eigenvalue weighted by atomic mass is 79.9. The van der Waals surface area contributed by atoms with Crippen molar-refractivity contribution in [1.29, 1.82) is 0 Å². The quantitative estimate of drug-likeness (QED) is 0.896. The van der Waals surface area contributed by atoms with Gasteiger partial charge in [0.25, 0.3) is 0 Å². The van der Waals surface area contributed by atoms with Gasteiger partial charge in [0.1, 0.15) is 0 Å². The SMILES string of the molecule is O[C@H](CN1C2=NCCCN2c2ccccc21)c1ccc(Br)cc1. The van der Waals surface area contributed by atoms with Crippen LogP contribution < -0.4 is 9.80 Å². The minimum atomic E-state index is -0.555. The number of halogens is 1. The van der Waals surface area contributed by atoms with Crippen molar-refractivity contribution in [3.63, 3.8) is 0 Å². The number of β-amino-alcohol motifs (C(OH)–C–C–N with tert-alkyl or cyclic N) is 1. The smallest absolute Gasteiger partial charge is 0.205 e. The lowest BCUT2D eigenvalue weighted by Gasteiger charge is -2.28. The minimum Gasteiger partial charge on any atom is -0.387 e. The van der Waals surface area contributed by atoms with Crippen LogP contribution in [0.4, 0.5) is 11.4 Å². The molecule has 0 bridgehead atoms. The Morgan fingerprint density at radius 2 is 1.83 bits per heavy atom. The summed E-state index contributed by atoms with van der Waals surface area (Å²) in [6.07, 6.45) is 0.515. The van der Waals surface area contributed by atoms with Crippen LogP contribution in [-0.2, 0) is 0 Å². The lowest BCUT2D eigenvalue weighted by molar-refractivity contribution is 0.187. The Morgan fingerprint density at radius 3 is 2.61 bits per heavy atom. The van der Waals surface area contributed by atoms with Gasteiger partial charge < -0.3 is 14.9 Å². The van der Waals surface area contributed by atoms with Crippen LogP contribution in [0.15, 0.2) is 58.0 Å². The van der Waals surface area contributed by atoms with Crippen LogP contribution in [0.25, 0.3) is 0 Å². The summed E-state index contributed by atoms with van der Waals surface area (Å²) < 4.78 is 1.02. The number of guanidine groups is 1. The summed E-state index contributed by atoms with van der Waals surface area (Å²) >= 11 is 3.43. The van der Waals surface area contributed by atoms with Gasteiger partial charge in [-0.1, -0.05) is 40.2 Å². The molecule has 0 unspecified atom stereocenters. The Balaban J connectivity index is 1.65. The molecule has 2 aromatic rings. The molecule has 4 rings (SSSR count). The molecule has 0 saturated heterocycles. The number of benzene rings is 2. The Morgan fingerprint density at radius 1 is 1.09 bits per heavy atom. The molecule has 5 heteroatoms. The third-order valence-corrected chi connectivity index (χ3v) is 4.88. The van der Waals surface area contributed by atoms with E-state index in [1.807, 2.05) is 30.3 Å². The Kier molecular flexibility index (Phi) is 3.83. The van der Waals surface area contributed by atoms with Gasteiger partial charge in [0.2, 0.25) is 5.96 Å². The maximum atomic E-state index is 10.7. The fourth-order valence-electron chi connectivity index (χ4n) is 3.22. The number of nitrogens with zero attached hydrogens (tertiary/aromatic N) is 3. The first kappa shape index (κ1) is 14.7. The average Bonchev–Trinajstić information content (AvgIpc) is 2.90. The molecule has 1 N–H and O–H groups in total. The number of aliphatic hydroxyl groups excluding tert-OH is 1. The zero-order valence-electron chi connectivity index (χ0n) is 12.7. The fraction of sp³-hybridized carbons (Fsp3) is 0.278. The number of aliphatic hydroxyl groups is 1. The normalized spacial score (nSPS) is 17.6. The van der Waals surface area contributed by atoms with Crippen molar-refractivity contribution in [2.45, 2.75) is 12.5 Å². The van der Waals surface area contributed by atoms with E-state index in [-0.39, 0.29) is 0 Å². The largest absolute Gasteiger partial charge is 0.387 e. The molecule has 0 spiro atoms. The summed E-state index contributed by atoms with van der Waals surface area (Å²) in [4.78, 5) is 9.10. The molecule has 2 heterocycles. The molecule has 4 nitrogen and oxygen atoms in total. The Labute approximate surface area is 144 Å². The first-order chi connectivity index (χ1) is 11.2. The molecule has 1 atom stereocenters. The number of anilines is 2. The molecule has 0 aliphatic carbocycles. The van der Waals surface area contributed by atoms with E-state index in [1.165, 1.54) is 5.69 Å². The van der Waals surface area contributed by atoms with Crippen molar-refractivity contribution < 1.29 is 5.11 Å². The second-order valence-corrected chi connectivity index (χ2v) is 6.77. The predicted molar refractivity (Wildman–Crippen MR) is 97.2 cm³/mol. The first-order valence-electron chi connectivity index (χ1n) is 7.86. The third kappa shape index (κ3) is 2.64. The molecule has 23 heavy (non-hydrogen) atoms. The van der Waals surface area contributed by atoms with E-state index in [4.69, 9.17) is 4.99 Å². The zero-order valence-corrected chi connectivity index (χ0v) is 14.3. The van der Waals surface area contributed by atoms with Gasteiger partial charge >= 0.3 is 0 Å². The van der Waals surface area contributed by atoms with Crippen molar-refractivity contribution >= 4 is 33.3 Å². The lowest BCUT2D eigenvalue weighted by Crippen LogP contribution is -2.43. The number of hydrogen-bond acceptors (Lipinski definition) is 4. The van der Waals surface area contributed by atoms with E-state index in [2.05, 4.69) is 43.9 Å². The van der Waals surface area contributed by atoms with Crippen LogP contribution in [0, 0.1) is 0 Å². The van der Waals surface area contributed by atoms with Gasteiger partial charge in [-0.15, -0.1) is 0 Å². The van der Waals surface area contributed by atoms with Gasteiger partial charge in [-0.25, -0.2) is 0 Å². The van der Waals surface area contributed by atoms with Crippen molar-refractivity contribution in [2.24, 2.45) is 4.99 Å². The molecule has 0 aromatic heterocycles. The second-order valence-electron chi connectivity index (χ2n) is 5.85. The standard InChI is InChI=1S/C18H18BrN3O/c19-14-8-6-13(7-9-14)17(23)12-22-16-5-2-1-4-15(16)21-11-3-10-20-18(21)22/h1-2,4-9,17,23H,3,10-12H2/t17-/m1/s1. The minimum absolute atomic E-state index is 0.508. The summed E-state index contributed by atoms with van der Waals surface area (Å²) in [7, 11) is 0. The average molecular weight is 372 g/mol. The molecule has 0 fully saturated rings. The molecule has 118 valence electrons. The molecular formula is C18H18BrN3O. The summed E-state index contributed by atoms with van der Waals surface area (Å²) in [5, 5.41) is 10.7. The number of rotatable bonds is 3. The molecule has 0 saturated carbocycles. The molecule has 0 radical (unpaired) electrons. The van der Waals surface area contributed by atoms with Gasteiger partial charge in [0.05, 0.1) is 24.0 Å². The maximum absolute atomic E-state index is 10.7. The summed E-state index contributed by atoms with van der Waals surface area (Å²) in [5.74, 6) is 0.966. The third-order valence-electron chi connectivity index (χ3n) is 4.35. The molecule has 2 aliphatic rings. The van der Waals surface area contributed by atoms with Gasteiger partial charge in [-0.2, -0.15) is 0 Å². The van der Waals surface area contributed by atoms with E-state index in [0.29, 0.717) is 6.54 Å². The van der Waals surface area contributed by atoms with Crippen molar-refractivity contribution in [1.82, 2.24) is 0 Å². The van der Waals surface area contributed by atoms with E-state index in [9.17, 15) is 5.11 Å². The van der Waals surface area contributed by atoms with Gasteiger partial charge in [0, 0.05) is 17.6 Å². The second kappa shape index (κ2) is 5.98. The lowest BCUT2D eigenvalue weighted by atomic mass is 10.1. The van der Waals surface area contributed by atoms with Crippen molar-refractivity contribution in [3.8, 4) is 0 Å². The van der Waals surface area contributed by atoms with Gasteiger partial charge in [-0.05, 0) is 36.2 Å². The van der Waals surface area contributed by atoms with Crippen LogP contribution in [0.2, 0.25) is 0 Å². The van der Waals surface area contributed by atoms with Crippen LogP contribution in [0.5, 0.6) is 0 Å². The van der Waals surface area contributed by atoms with E-state index < -0.39 is 6.10 Å². The number of para-hydroxylation sites is 2. The highest BCUT2D eigenvalue weighted by molar-refractivity contribution is 9.10. The van der Waals surface area contributed by atoms with Crippen molar-refractivity contribution in [2.75, 3.05) is 29.4 Å². The fourth-order valence-corrected chi connectivity index (χ4v) is 3.49. The summed E-state index contributed by atoms with van der Waals surface area (Å²) in [6.45, 7) is 2.35. The number of fused-ring (bicyclic) bond motifs is 3. The Hall–Kier alpha value is -1.85. The topological polar surface area (TPSA) is 39.1 Å². The predicted octanol–water partition coefficient (Wildman–Crippen LogP) is 3.57. The van der Waals surface area contributed by atoms with Crippen LogP contribution in [0.1, 0.15) is 18.1 Å². The Bertz CT molecular complexity index is 744. The molecular weight excluding hydrogens is 354 g/mol. The first-order valence-corrected chi connectivity index (χ1v) is 8.65. The number of hydrogen-bond donors (Lipinski definition) is 1. The highest BCUT2D eigenvalue weighted by Gasteiger charge is 2.34. The zero-order chi connectivity index (χ0) is 15.8. The van der Waals surface area contributed by atoms with E-state index >= 15 is 0 Å².